The lowest BCUT2D eigenvalue weighted by molar-refractivity contribution is -0.129. The fraction of sp³-hybridized carbons (Fsp3) is 0.909. The molecule has 0 bridgehead atoms. The Labute approximate surface area is 97.9 Å². The first-order chi connectivity index (χ1) is 7.33. The van der Waals surface area contributed by atoms with Crippen LogP contribution in [0.4, 0.5) is 0 Å². The lowest BCUT2D eigenvalue weighted by Gasteiger charge is -2.31. The summed E-state index contributed by atoms with van der Waals surface area (Å²) in [5.41, 5.74) is 0. The van der Waals surface area contributed by atoms with Crippen molar-refractivity contribution in [1.82, 2.24) is 4.90 Å². The monoisotopic (exact) mass is 247 g/mol. The lowest BCUT2D eigenvalue weighted by Crippen LogP contribution is -2.42. The molecule has 0 atom stereocenters. The van der Waals surface area contributed by atoms with Crippen LogP contribution in [0.3, 0.4) is 0 Å². The van der Waals surface area contributed by atoms with Gasteiger partial charge in [-0.1, -0.05) is 13.8 Å². The zero-order valence-electron chi connectivity index (χ0n) is 10.3. The van der Waals surface area contributed by atoms with Gasteiger partial charge in [-0.15, -0.1) is 0 Å². The van der Waals surface area contributed by atoms with Gasteiger partial charge in [0, 0.05) is 20.0 Å². The number of sulfone groups is 1. The molecule has 0 radical (unpaired) electrons. The van der Waals surface area contributed by atoms with Crippen LogP contribution in [0.5, 0.6) is 0 Å². The first-order valence-electron chi connectivity index (χ1n) is 5.80. The second kappa shape index (κ2) is 5.17. The van der Waals surface area contributed by atoms with E-state index in [9.17, 15) is 13.2 Å². The third-order valence-electron chi connectivity index (χ3n) is 2.96. The number of carbonyl (C=O) groups excluding carboxylic acids is 1. The van der Waals surface area contributed by atoms with Gasteiger partial charge in [0.05, 0.1) is 11.0 Å². The summed E-state index contributed by atoms with van der Waals surface area (Å²) in [5.74, 6) is 0.480. The molecule has 5 heteroatoms. The van der Waals surface area contributed by atoms with Gasteiger partial charge in [0.25, 0.3) is 0 Å². The minimum Gasteiger partial charge on any atom is -0.343 e. The van der Waals surface area contributed by atoms with Gasteiger partial charge in [-0.3, -0.25) is 4.79 Å². The summed E-state index contributed by atoms with van der Waals surface area (Å²) in [6, 6.07) is 0. The van der Waals surface area contributed by atoms with Crippen LogP contribution in [0.1, 0.15) is 33.6 Å². The van der Waals surface area contributed by atoms with Gasteiger partial charge in [-0.05, 0) is 18.8 Å². The normalized spacial score (nSPS) is 19.1. The van der Waals surface area contributed by atoms with Crippen LogP contribution < -0.4 is 0 Å². The maximum absolute atomic E-state index is 12.0. The predicted molar refractivity (Wildman–Crippen MR) is 63.9 cm³/mol. The fourth-order valence-electron chi connectivity index (χ4n) is 2.13. The summed E-state index contributed by atoms with van der Waals surface area (Å²) in [6.45, 7) is 6.53. The molecule has 1 saturated heterocycles. The van der Waals surface area contributed by atoms with Crippen molar-refractivity contribution in [2.24, 2.45) is 5.92 Å². The Morgan fingerprint density at radius 2 is 1.81 bits per heavy atom. The molecule has 0 aromatic heterocycles. The molecule has 0 aliphatic carbocycles. The van der Waals surface area contributed by atoms with Crippen molar-refractivity contribution in [3.8, 4) is 0 Å². The zero-order chi connectivity index (χ0) is 12.3. The van der Waals surface area contributed by atoms with Gasteiger partial charge in [0.15, 0.2) is 9.84 Å². The van der Waals surface area contributed by atoms with Crippen molar-refractivity contribution in [2.75, 3.05) is 18.8 Å². The van der Waals surface area contributed by atoms with Gasteiger partial charge >= 0.3 is 0 Å². The molecular formula is C11H21NO3S. The number of hydrogen-bond acceptors (Lipinski definition) is 3. The molecule has 0 aromatic carbocycles. The summed E-state index contributed by atoms with van der Waals surface area (Å²) in [6.07, 6.45) is 1.18. The van der Waals surface area contributed by atoms with E-state index in [2.05, 4.69) is 0 Å². The number of likely N-dealkylation sites (tertiary alicyclic amines) is 1. The maximum Gasteiger partial charge on any atom is 0.219 e. The van der Waals surface area contributed by atoms with E-state index in [4.69, 9.17) is 0 Å². The third-order valence-corrected chi connectivity index (χ3v) is 5.58. The highest BCUT2D eigenvalue weighted by Gasteiger charge is 2.30. The SMILES string of the molecule is CC(=O)N1CCC(S(=O)(=O)CC(C)C)CC1. The van der Waals surface area contributed by atoms with E-state index in [0.717, 1.165) is 0 Å². The van der Waals surface area contributed by atoms with Gasteiger partial charge in [0.1, 0.15) is 0 Å². The minimum absolute atomic E-state index is 0.0414. The summed E-state index contributed by atoms with van der Waals surface area (Å²) in [7, 11) is -2.97. The Morgan fingerprint density at radius 3 is 2.19 bits per heavy atom. The van der Waals surface area contributed by atoms with Crippen molar-refractivity contribution in [3.63, 3.8) is 0 Å². The van der Waals surface area contributed by atoms with Crippen molar-refractivity contribution in [1.29, 1.82) is 0 Å². The van der Waals surface area contributed by atoms with Crippen molar-refractivity contribution >= 4 is 15.7 Å². The van der Waals surface area contributed by atoms with Gasteiger partial charge in [-0.25, -0.2) is 8.42 Å². The van der Waals surface area contributed by atoms with Crippen molar-refractivity contribution in [2.45, 2.75) is 38.9 Å². The van der Waals surface area contributed by atoms with Crippen LogP contribution in [0, 0.1) is 5.92 Å². The molecule has 0 saturated carbocycles. The summed E-state index contributed by atoms with van der Waals surface area (Å²) >= 11 is 0. The molecule has 0 N–H and O–H groups in total. The first-order valence-corrected chi connectivity index (χ1v) is 7.51. The first kappa shape index (κ1) is 13.5. The number of piperidine rings is 1. The summed E-state index contributed by atoms with van der Waals surface area (Å²) in [5, 5.41) is -0.245. The van der Waals surface area contributed by atoms with Crippen LogP contribution >= 0.6 is 0 Å². The van der Waals surface area contributed by atoms with Crippen LogP contribution in [0.2, 0.25) is 0 Å². The van der Waals surface area contributed by atoms with E-state index in [1.807, 2.05) is 13.8 Å². The molecule has 94 valence electrons. The Kier molecular flexibility index (Phi) is 4.35. The smallest absolute Gasteiger partial charge is 0.219 e. The molecule has 1 aliphatic heterocycles. The van der Waals surface area contributed by atoms with Crippen LogP contribution in [0.15, 0.2) is 0 Å². The largest absolute Gasteiger partial charge is 0.343 e. The lowest BCUT2D eigenvalue weighted by atomic mass is 10.1. The number of amides is 1. The second-order valence-electron chi connectivity index (χ2n) is 4.93. The average Bonchev–Trinajstić information content (AvgIpc) is 2.16. The van der Waals surface area contributed by atoms with Gasteiger partial charge in [-0.2, -0.15) is 0 Å². The van der Waals surface area contributed by atoms with E-state index in [-0.39, 0.29) is 22.8 Å². The maximum atomic E-state index is 12.0. The predicted octanol–water partition coefficient (Wildman–Crippen LogP) is 1.07. The highest BCUT2D eigenvalue weighted by Crippen LogP contribution is 2.20. The Bertz CT molecular complexity index is 340. The molecule has 1 fully saturated rings. The highest BCUT2D eigenvalue weighted by atomic mass is 32.2. The molecule has 1 rings (SSSR count). The topological polar surface area (TPSA) is 54.5 Å². The molecule has 1 heterocycles. The summed E-state index contributed by atoms with van der Waals surface area (Å²) in [4.78, 5) is 12.8. The molecule has 1 amide bonds. The minimum atomic E-state index is -2.97. The van der Waals surface area contributed by atoms with Crippen molar-refractivity contribution in [3.05, 3.63) is 0 Å². The molecular weight excluding hydrogens is 226 g/mol. The standard InChI is InChI=1S/C11H21NO3S/c1-9(2)8-16(14,15)11-4-6-12(7-5-11)10(3)13/h9,11H,4-8H2,1-3H3. The number of carbonyl (C=O) groups is 1. The summed E-state index contributed by atoms with van der Waals surface area (Å²) < 4.78 is 23.9. The number of hydrogen-bond donors (Lipinski definition) is 0. The highest BCUT2D eigenvalue weighted by molar-refractivity contribution is 7.92. The Morgan fingerprint density at radius 1 is 1.31 bits per heavy atom. The molecule has 0 unspecified atom stereocenters. The second-order valence-corrected chi connectivity index (χ2v) is 7.25. The van der Waals surface area contributed by atoms with Gasteiger partial charge in [0.2, 0.25) is 5.91 Å². The van der Waals surface area contributed by atoms with E-state index >= 15 is 0 Å². The van der Waals surface area contributed by atoms with Crippen LogP contribution in [0.25, 0.3) is 0 Å². The van der Waals surface area contributed by atoms with E-state index in [0.29, 0.717) is 25.9 Å². The molecule has 0 aromatic rings. The van der Waals surface area contributed by atoms with E-state index in [1.54, 1.807) is 4.90 Å². The van der Waals surface area contributed by atoms with E-state index in [1.165, 1.54) is 6.92 Å². The third kappa shape index (κ3) is 3.47. The molecule has 0 spiro atoms. The fourth-order valence-corrected chi connectivity index (χ4v) is 4.26. The van der Waals surface area contributed by atoms with Crippen LogP contribution in [-0.2, 0) is 14.6 Å². The number of rotatable bonds is 3. The quantitative estimate of drug-likeness (QED) is 0.749. The molecule has 4 nitrogen and oxygen atoms in total. The van der Waals surface area contributed by atoms with E-state index < -0.39 is 9.84 Å². The van der Waals surface area contributed by atoms with Gasteiger partial charge < -0.3 is 4.90 Å². The van der Waals surface area contributed by atoms with Crippen molar-refractivity contribution < 1.29 is 13.2 Å². The Balaban J connectivity index is 2.56. The number of nitrogens with zero attached hydrogens (tertiary/aromatic N) is 1. The Hall–Kier alpha value is -0.580. The molecule has 1 aliphatic rings. The molecule has 16 heavy (non-hydrogen) atoms. The average molecular weight is 247 g/mol. The zero-order valence-corrected chi connectivity index (χ0v) is 11.1. The van der Waals surface area contributed by atoms with Crippen LogP contribution in [-0.4, -0.2) is 43.3 Å².